The van der Waals surface area contributed by atoms with Gasteiger partial charge in [0.25, 0.3) is 5.56 Å². The van der Waals surface area contributed by atoms with E-state index in [-0.39, 0.29) is 36.9 Å². The maximum atomic E-state index is 13.2. The van der Waals surface area contributed by atoms with E-state index in [0.29, 0.717) is 23.3 Å². The van der Waals surface area contributed by atoms with Crippen molar-refractivity contribution in [3.05, 3.63) is 39.9 Å². The van der Waals surface area contributed by atoms with Gasteiger partial charge in [-0.3, -0.25) is 24.3 Å². The predicted molar refractivity (Wildman–Crippen MR) is 117 cm³/mol. The molecule has 3 rings (SSSR count). The van der Waals surface area contributed by atoms with Gasteiger partial charge in [-0.2, -0.15) is 0 Å². The summed E-state index contributed by atoms with van der Waals surface area (Å²) in [4.78, 5) is 53.3. The number of hydrogen-bond donors (Lipinski definition) is 3. The summed E-state index contributed by atoms with van der Waals surface area (Å²) in [6.07, 6.45) is 4.78. The number of urea groups is 1. The van der Waals surface area contributed by atoms with Crippen LogP contribution in [0.15, 0.2) is 23.0 Å². The van der Waals surface area contributed by atoms with Crippen molar-refractivity contribution < 1.29 is 14.4 Å². The van der Waals surface area contributed by atoms with E-state index < -0.39 is 11.9 Å². The Hall–Kier alpha value is -3.23. The molecule has 166 valence electrons. The summed E-state index contributed by atoms with van der Waals surface area (Å²) in [6.45, 7) is 4.71. The maximum absolute atomic E-state index is 13.2. The van der Waals surface area contributed by atoms with E-state index in [9.17, 15) is 19.2 Å². The van der Waals surface area contributed by atoms with Crippen molar-refractivity contribution in [2.24, 2.45) is 0 Å². The lowest BCUT2D eigenvalue weighted by molar-refractivity contribution is -0.135. The molecule has 2 aromatic rings. The molecule has 3 N–H and O–H groups in total. The molecule has 0 unspecified atom stereocenters. The van der Waals surface area contributed by atoms with E-state index in [1.165, 1.54) is 4.57 Å². The fraction of sp³-hybridized carbons (Fsp3) is 0.500. The quantitative estimate of drug-likeness (QED) is 0.440. The number of aryl methyl sites for hydroxylation is 1. The Morgan fingerprint density at radius 2 is 2.00 bits per heavy atom. The summed E-state index contributed by atoms with van der Waals surface area (Å²) in [7, 11) is 0. The Labute approximate surface area is 180 Å². The first-order valence-electron chi connectivity index (χ1n) is 10.8. The van der Waals surface area contributed by atoms with Gasteiger partial charge in [0, 0.05) is 19.5 Å². The molecule has 1 aromatic heterocycles. The molecule has 31 heavy (non-hydrogen) atoms. The number of carbonyl (C=O) groups is 3. The normalized spacial score (nSPS) is 16.3. The number of amides is 4. The van der Waals surface area contributed by atoms with E-state index in [1.54, 1.807) is 19.1 Å². The molecule has 0 saturated carbocycles. The van der Waals surface area contributed by atoms with Gasteiger partial charge in [0.2, 0.25) is 11.8 Å². The first-order valence-corrected chi connectivity index (χ1v) is 10.8. The molecule has 1 atom stereocenters. The Kier molecular flexibility index (Phi) is 7.38. The van der Waals surface area contributed by atoms with Crippen LogP contribution in [-0.4, -0.2) is 33.9 Å². The van der Waals surface area contributed by atoms with Crippen LogP contribution in [0, 0.1) is 6.92 Å². The van der Waals surface area contributed by atoms with Gasteiger partial charge in [-0.1, -0.05) is 32.3 Å². The van der Waals surface area contributed by atoms with Crippen LogP contribution in [0.5, 0.6) is 0 Å². The van der Waals surface area contributed by atoms with Crippen molar-refractivity contribution in [1.29, 1.82) is 0 Å². The molecule has 2 heterocycles. The molecule has 4 amide bonds. The number of benzene rings is 1. The highest BCUT2D eigenvalue weighted by Gasteiger charge is 2.30. The number of nitrogens with zero attached hydrogens (tertiary/aromatic N) is 2. The summed E-state index contributed by atoms with van der Waals surface area (Å²) in [6, 6.07) is 4.22. The van der Waals surface area contributed by atoms with Crippen molar-refractivity contribution in [1.82, 2.24) is 25.5 Å². The fourth-order valence-electron chi connectivity index (χ4n) is 3.76. The number of aromatic nitrogens is 2. The van der Waals surface area contributed by atoms with E-state index in [2.05, 4.69) is 27.9 Å². The van der Waals surface area contributed by atoms with Crippen LogP contribution in [0.1, 0.15) is 62.9 Å². The second-order valence-electron chi connectivity index (χ2n) is 7.82. The smallest absolute Gasteiger partial charge is 0.315 e. The third kappa shape index (κ3) is 5.48. The van der Waals surface area contributed by atoms with E-state index in [4.69, 9.17) is 0 Å². The van der Waals surface area contributed by atoms with Crippen LogP contribution in [0.3, 0.4) is 0 Å². The lowest BCUT2D eigenvalue weighted by atomic mass is 10.0. The Balaban J connectivity index is 1.73. The topological polar surface area (TPSA) is 122 Å². The molecular formula is C22H29N5O4. The molecule has 1 saturated heterocycles. The molecule has 1 aromatic carbocycles. The lowest BCUT2D eigenvalue weighted by Gasteiger charge is -2.24. The number of unbranched alkanes of at least 4 members (excludes halogenated alkanes) is 3. The molecular weight excluding hydrogens is 398 g/mol. The van der Waals surface area contributed by atoms with E-state index in [0.717, 1.165) is 31.2 Å². The first-order chi connectivity index (χ1) is 14.9. The van der Waals surface area contributed by atoms with Gasteiger partial charge < -0.3 is 10.6 Å². The molecule has 1 aliphatic rings. The number of imide groups is 1. The maximum Gasteiger partial charge on any atom is 0.315 e. The van der Waals surface area contributed by atoms with Crippen LogP contribution in [0.2, 0.25) is 0 Å². The summed E-state index contributed by atoms with van der Waals surface area (Å²) < 4.78 is 1.35. The van der Waals surface area contributed by atoms with Gasteiger partial charge in [0.15, 0.2) is 0 Å². The largest absolute Gasteiger partial charge is 0.338 e. The zero-order chi connectivity index (χ0) is 22.4. The average molecular weight is 428 g/mol. The van der Waals surface area contributed by atoms with Crippen molar-refractivity contribution in [3.63, 3.8) is 0 Å². The fourth-order valence-corrected chi connectivity index (χ4v) is 3.76. The Morgan fingerprint density at radius 1 is 1.19 bits per heavy atom. The van der Waals surface area contributed by atoms with Crippen LogP contribution in [0.25, 0.3) is 10.9 Å². The number of nitrogens with one attached hydrogen (secondary N) is 3. The third-order valence-corrected chi connectivity index (χ3v) is 5.43. The molecule has 0 bridgehead atoms. The van der Waals surface area contributed by atoms with Crippen molar-refractivity contribution in [2.45, 2.75) is 65.0 Å². The van der Waals surface area contributed by atoms with E-state index >= 15 is 0 Å². The molecule has 0 aliphatic carbocycles. The van der Waals surface area contributed by atoms with Crippen molar-refractivity contribution in [3.8, 4) is 0 Å². The number of rotatable bonds is 8. The van der Waals surface area contributed by atoms with Gasteiger partial charge in [-0.25, -0.2) is 9.78 Å². The minimum absolute atomic E-state index is 0.178. The van der Waals surface area contributed by atoms with Gasteiger partial charge in [-0.05, 0) is 37.5 Å². The van der Waals surface area contributed by atoms with Crippen molar-refractivity contribution >= 4 is 28.7 Å². The first kappa shape index (κ1) is 22.5. The monoisotopic (exact) mass is 427 g/mol. The number of fused-ring (bicyclic) bond motifs is 1. The minimum atomic E-state index is -0.762. The molecule has 0 spiro atoms. The SMILES string of the molecule is CCCCCCNC(=O)NCc1ccc2nc(C)n([C@H]3CCC(=O)NC3=O)c(=O)c2c1. The predicted octanol–water partition coefficient (Wildman–Crippen LogP) is 2.06. The van der Waals surface area contributed by atoms with Gasteiger partial charge >= 0.3 is 6.03 Å². The molecule has 9 nitrogen and oxygen atoms in total. The summed E-state index contributed by atoms with van der Waals surface area (Å²) in [5.74, 6) is -0.408. The zero-order valence-corrected chi connectivity index (χ0v) is 18.0. The summed E-state index contributed by atoms with van der Waals surface area (Å²) >= 11 is 0. The van der Waals surface area contributed by atoms with Crippen LogP contribution < -0.4 is 21.5 Å². The van der Waals surface area contributed by atoms with Crippen LogP contribution in [-0.2, 0) is 16.1 Å². The van der Waals surface area contributed by atoms with Gasteiger partial charge in [0.1, 0.15) is 11.9 Å². The molecule has 0 radical (unpaired) electrons. The number of piperidine rings is 1. The standard InChI is InChI=1S/C22H29N5O4/c1-3-4-5-6-11-23-22(31)24-13-15-7-8-17-16(12-15)21(30)27(14(2)25-17)18-9-10-19(28)26-20(18)29/h7-8,12,18H,3-6,9-11,13H2,1-2H3,(H2,23,24,31)(H,26,28,29)/t18-/m0/s1. The Bertz CT molecular complexity index is 1050. The highest BCUT2D eigenvalue weighted by molar-refractivity contribution is 5.99. The van der Waals surface area contributed by atoms with Crippen LogP contribution >= 0.6 is 0 Å². The van der Waals surface area contributed by atoms with Crippen molar-refractivity contribution in [2.75, 3.05) is 6.54 Å². The second-order valence-corrected chi connectivity index (χ2v) is 7.82. The van der Waals surface area contributed by atoms with Crippen LogP contribution in [0.4, 0.5) is 4.79 Å². The highest BCUT2D eigenvalue weighted by Crippen LogP contribution is 2.20. The number of carbonyl (C=O) groups excluding carboxylic acids is 3. The van der Waals surface area contributed by atoms with E-state index in [1.807, 2.05) is 6.07 Å². The number of hydrogen-bond acceptors (Lipinski definition) is 5. The zero-order valence-electron chi connectivity index (χ0n) is 18.0. The summed E-state index contributed by atoms with van der Waals surface area (Å²) in [5, 5.41) is 8.28. The Morgan fingerprint density at radius 3 is 2.74 bits per heavy atom. The summed E-state index contributed by atoms with van der Waals surface area (Å²) in [5.41, 5.74) is 0.945. The minimum Gasteiger partial charge on any atom is -0.338 e. The van der Waals surface area contributed by atoms with Gasteiger partial charge in [-0.15, -0.1) is 0 Å². The second kappa shape index (κ2) is 10.2. The van der Waals surface area contributed by atoms with Gasteiger partial charge in [0.05, 0.1) is 10.9 Å². The highest BCUT2D eigenvalue weighted by atomic mass is 16.2. The molecule has 9 heteroatoms. The molecule has 1 aliphatic heterocycles. The molecule has 1 fully saturated rings. The third-order valence-electron chi connectivity index (χ3n) is 5.43. The lowest BCUT2D eigenvalue weighted by Crippen LogP contribution is -2.45. The average Bonchev–Trinajstić information content (AvgIpc) is 2.73.